The maximum atomic E-state index is 11.9. The minimum atomic E-state index is -0.536. The highest BCUT2D eigenvalue weighted by atomic mass is 35.5. The van der Waals surface area contributed by atoms with Crippen LogP contribution in [0.25, 0.3) is 22.4 Å². The molecule has 2 aromatic carbocycles. The lowest BCUT2D eigenvalue weighted by atomic mass is 10.2. The molecule has 1 heterocycles. The van der Waals surface area contributed by atoms with E-state index in [0.717, 1.165) is 5.56 Å². The Morgan fingerprint density at radius 2 is 2.13 bits per heavy atom. The summed E-state index contributed by atoms with van der Waals surface area (Å²) in [4.78, 5) is 19.5. The zero-order valence-electron chi connectivity index (χ0n) is 11.8. The molecular formula is C17H10Cl2N2O2. The maximum Gasteiger partial charge on any atom is 0.339 e. The number of H-pyrrole nitrogens is 1. The maximum absolute atomic E-state index is 11.9. The van der Waals surface area contributed by atoms with Gasteiger partial charge in [0.15, 0.2) is 6.61 Å². The summed E-state index contributed by atoms with van der Waals surface area (Å²) in [6.45, 7) is -0.0920. The molecule has 0 atom stereocenters. The molecule has 0 spiro atoms. The molecule has 0 aliphatic heterocycles. The van der Waals surface area contributed by atoms with Gasteiger partial charge in [-0.15, -0.1) is 6.42 Å². The van der Waals surface area contributed by atoms with E-state index in [0.29, 0.717) is 32.5 Å². The quantitative estimate of drug-likeness (QED) is 0.568. The van der Waals surface area contributed by atoms with Crippen LogP contribution in [0.1, 0.15) is 10.4 Å². The molecule has 23 heavy (non-hydrogen) atoms. The van der Waals surface area contributed by atoms with Crippen molar-refractivity contribution in [1.29, 1.82) is 0 Å². The molecule has 0 aliphatic carbocycles. The molecule has 114 valence electrons. The van der Waals surface area contributed by atoms with Gasteiger partial charge in [-0.25, -0.2) is 9.78 Å². The van der Waals surface area contributed by atoms with Crippen LogP contribution in [0, 0.1) is 12.3 Å². The molecule has 0 bridgehead atoms. The van der Waals surface area contributed by atoms with Gasteiger partial charge in [-0.05, 0) is 24.3 Å². The predicted octanol–water partition coefficient (Wildman–Crippen LogP) is 4.33. The van der Waals surface area contributed by atoms with Crippen LogP contribution in [0.3, 0.4) is 0 Å². The Morgan fingerprint density at radius 1 is 1.30 bits per heavy atom. The lowest BCUT2D eigenvalue weighted by Crippen LogP contribution is -2.05. The number of imidazole rings is 1. The van der Waals surface area contributed by atoms with E-state index in [-0.39, 0.29) is 6.61 Å². The highest BCUT2D eigenvalue weighted by Crippen LogP contribution is 2.28. The zero-order valence-corrected chi connectivity index (χ0v) is 13.3. The van der Waals surface area contributed by atoms with Gasteiger partial charge in [0.05, 0.1) is 16.1 Å². The Bertz CT molecular complexity index is 941. The van der Waals surface area contributed by atoms with Crippen LogP contribution in [0.5, 0.6) is 0 Å². The van der Waals surface area contributed by atoms with Crippen LogP contribution in [0.4, 0.5) is 0 Å². The summed E-state index contributed by atoms with van der Waals surface area (Å²) >= 11 is 12.2. The first-order chi connectivity index (χ1) is 11.1. The third kappa shape index (κ3) is 3.16. The standard InChI is InChI=1S/C17H10Cl2N2O2/c1-2-6-23-17(22)11-8-13(19)15-14(9-11)20-16(21-15)10-4-3-5-12(18)7-10/h1,3-5,7-9H,6H2,(H,20,21). The normalized spacial score (nSPS) is 10.5. The molecule has 4 nitrogen and oxygen atoms in total. The number of esters is 1. The summed E-state index contributed by atoms with van der Waals surface area (Å²) in [5.41, 5.74) is 2.32. The van der Waals surface area contributed by atoms with Gasteiger partial charge in [0.2, 0.25) is 0 Å². The lowest BCUT2D eigenvalue weighted by Gasteiger charge is -2.02. The lowest BCUT2D eigenvalue weighted by molar-refractivity contribution is 0.0557. The molecule has 3 aromatic rings. The van der Waals surface area contributed by atoms with Gasteiger partial charge in [0.1, 0.15) is 11.3 Å². The second kappa shape index (κ2) is 6.33. The molecular weight excluding hydrogens is 335 g/mol. The second-order valence-electron chi connectivity index (χ2n) is 4.73. The van der Waals surface area contributed by atoms with Gasteiger partial charge in [-0.2, -0.15) is 0 Å². The van der Waals surface area contributed by atoms with E-state index >= 15 is 0 Å². The molecule has 1 aromatic heterocycles. The van der Waals surface area contributed by atoms with Crippen molar-refractivity contribution in [2.75, 3.05) is 6.61 Å². The summed E-state index contributed by atoms with van der Waals surface area (Å²) in [5.74, 6) is 2.32. The summed E-state index contributed by atoms with van der Waals surface area (Å²) in [7, 11) is 0. The van der Waals surface area contributed by atoms with Crippen LogP contribution in [0.2, 0.25) is 10.0 Å². The third-order valence-electron chi connectivity index (χ3n) is 3.16. The van der Waals surface area contributed by atoms with Crippen molar-refractivity contribution in [1.82, 2.24) is 9.97 Å². The second-order valence-corrected chi connectivity index (χ2v) is 5.57. The molecule has 0 saturated carbocycles. The van der Waals surface area contributed by atoms with Crippen LogP contribution in [-0.4, -0.2) is 22.5 Å². The number of carbonyl (C=O) groups excluding carboxylic acids is 1. The Morgan fingerprint density at radius 3 is 2.87 bits per heavy atom. The molecule has 1 N–H and O–H groups in total. The van der Waals surface area contributed by atoms with E-state index < -0.39 is 5.97 Å². The average Bonchev–Trinajstić information content (AvgIpc) is 2.97. The number of rotatable bonds is 3. The van der Waals surface area contributed by atoms with Gasteiger partial charge in [0, 0.05) is 10.6 Å². The Balaban J connectivity index is 2.05. The zero-order chi connectivity index (χ0) is 16.4. The van der Waals surface area contributed by atoms with Crippen LogP contribution < -0.4 is 0 Å². The van der Waals surface area contributed by atoms with Crippen molar-refractivity contribution in [2.24, 2.45) is 0 Å². The van der Waals surface area contributed by atoms with Crippen molar-refractivity contribution in [2.45, 2.75) is 0 Å². The Hall–Kier alpha value is -2.48. The van der Waals surface area contributed by atoms with Crippen molar-refractivity contribution >= 4 is 40.2 Å². The Labute approximate surface area is 142 Å². The van der Waals surface area contributed by atoms with Crippen LogP contribution in [-0.2, 0) is 4.74 Å². The predicted molar refractivity (Wildman–Crippen MR) is 90.7 cm³/mol. The number of halogens is 2. The van der Waals surface area contributed by atoms with Crippen LogP contribution >= 0.6 is 23.2 Å². The number of hydrogen-bond donors (Lipinski definition) is 1. The number of nitrogens with one attached hydrogen (secondary N) is 1. The number of terminal acetylenes is 1. The SMILES string of the molecule is C#CCOC(=O)c1cc(Cl)c2nc(-c3cccc(Cl)c3)[nH]c2c1. The smallest absolute Gasteiger partial charge is 0.339 e. The van der Waals surface area contributed by atoms with Crippen molar-refractivity contribution < 1.29 is 9.53 Å². The number of aromatic nitrogens is 2. The number of fused-ring (bicyclic) bond motifs is 1. The molecule has 0 saturated heterocycles. The minimum Gasteiger partial charge on any atom is -0.449 e. The van der Waals surface area contributed by atoms with E-state index in [1.807, 2.05) is 12.1 Å². The van der Waals surface area contributed by atoms with E-state index in [2.05, 4.69) is 15.9 Å². The van der Waals surface area contributed by atoms with Gasteiger partial charge in [-0.1, -0.05) is 41.3 Å². The Kier molecular flexibility index (Phi) is 4.24. The van der Waals surface area contributed by atoms with Crippen molar-refractivity contribution in [3.63, 3.8) is 0 Å². The molecule has 0 radical (unpaired) electrons. The highest BCUT2D eigenvalue weighted by molar-refractivity contribution is 6.35. The highest BCUT2D eigenvalue weighted by Gasteiger charge is 2.14. The first-order valence-electron chi connectivity index (χ1n) is 6.64. The number of hydrogen-bond acceptors (Lipinski definition) is 3. The number of benzene rings is 2. The molecule has 0 unspecified atom stereocenters. The summed E-state index contributed by atoms with van der Waals surface area (Å²) in [6.07, 6.45) is 5.08. The van der Waals surface area contributed by atoms with Gasteiger partial charge < -0.3 is 9.72 Å². The molecule has 0 amide bonds. The summed E-state index contributed by atoms with van der Waals surface area (Å²) in [5, 5.41) is 0.951. The number of ether oxygens (including phenoxy) is 1. The van der Waals surface area contributed by atoms with E-state index in [9.17, 15) is 4.79 Å². The van der Waals surface area contributed by atoms with E-state index in [1.54, 1.807) is 18.2 Å². The number of aromatic amines is 1. The van der Waals surface area contributed by atoms with Crippen molar-refractivity contribution in [3.05, 3.63) is 52.0 Å². The topological polar surface area (TPSA) is 55.0 Å². The first-order valence-corrected chi connectivity index (χ1v) is 7.40. The van der Waals surface area contributed by atoms with Crippen molar-refractivity contribution in [3.8, 4) is 23.7 Å². The summed E-state index contributed by atoms with van der Waals surface area (Å²) < 4.78 is 4.90. The monoisotopic (exact) mass is 344 g/mol. The third-order valence-corrected chi connectivity index (χ3v) is 3.68. The average molecular weight is 345 g/mol. The largest absolute Gasteiger partial charge is 0.449 e. The molecule has 6 heteroatoms. The molecule has 0 fully saturated rings. The van der Waals surface area contributed by atoms with Gasteiger partial charge in [0.25, 0.3) is 0 Å². The molecule has 3 rings (SSSR count). The number of nitrogens with zero attached hydrogens (tertiary/aromatic N) is 1. The van der Waals surface area contributed by atoms with E-state index in [1.165, 1.54) is 6.07 Å². The fourth-order valence-corrected chi connectivity index (χ4v) is 2.61. The van der Waals surface area contributed by atoms with Crippen LogP contribution in [0.15, 0.2) is 36.4 Å². The first kappa shape index (κ1) is 15.4. The summed E-state index contributed by atoms with van der Waals surface area (Å²) in [6, 6.07) is 10.4. The van der Waals surface area contributed by atoms with Gasteiger partial charge in [-0.3, -0.25) is 0 Å². The number of carbonyl (C=O) groups is 1. The fourth-order valence-electron chi connectivity index (χ4n) is 2.16. The molecule has 0 aliphatic rings. The van der Waals surface area contributed by atoms with Gasteiger partial charge >= 0.3 is 5.97 Å². The minimum absolute atomic E-state index is 0.0920. The van der Waals surface area contributed by atoms with E-state index in [4.69, 9.17) is 34.4 Å². The fraction of sp³-hybridized carbons (Fsp3) is 0.0588.